The quantitative estimate of drug-likeness (QED) is 0.795. The molecule has 7 heteroatoms. The number of aryl methyl sites for hydroxylation is 1. The number of hydrogen-bond acceptors (Lipinski definition) is 7. The number of anilines is 2. The van der Waals surface area contributed by atoms with Gasteiger partial charge in [-0.15, -0.1) is 0 Å². The van der Waals surface area contributed by atoms with Gasteiger partial charge in [-0.2, -0.15) is 5.26 Å². The van der Waals surface area contributed by atoms with Crippen LogP contribution in [0.25, 0.3) is 0 Å². The van der Waals surface area contributed by atoms with Crippen LogP contribution < -0.4 is 10.2 Å². The highest BCUT2D eigenvalue weighted by Crippen LogP contribution is 2.24. The lowest BCUT2D eigenvalue weighted by Crippen LogP contribution is -2.26. The molecule has 7 nitrogen and oxygen atoms in total. The maximum atomic E-state index is 8.94. The van der Waals surface area contributed by atoms with Crippen molar-refractivity contribution in [3.63, 3.8) is 0 Å². The van der Waals surface area contributed by atoms with Gasteiger partial charge in [-0.05, 0) is 18.6 Å². The molecule has 2 aromatic rings. The van der Waals surface area contributed by atoms with E-state index < -0.39 is 0 Å². The number of nitrogens with one attached hydrogen (secondary N) is 1. The van der Waals surface area contributed by atoms with Crippen molar-refractivity contribution in [2.75, 3.05) is 43.6 Å². The van der Waals surface area contributed by atoms with Crippen molar-refractivity contribution in [2.24, 2.45) is 0 Å². The van der Waals surface area contributed by atoms with Crippen molar-refractivity contribution in [1.29, 1.82) is 5.26 Å². The molecule has 3 heterocycles. The molecule has 0 aromatic carbocycles. The Bertz CT molecular complexity index is 784. The van der Waals surface area contributed by atoms with Gasteiger partial charge in [0.15, 0.2) is 0 Å². The van der Waals surface area contributed by atoms with Crippen LogP contribution in [0.4, 0.5) is 11.6 Å². The van der Waals surface area contributed by atoms with E-state index in [4.69, 9.17) is 20.0 Å². The summed E-state index contributed by atoms with van der Waals surface area (Å²) < 4.78 is 5.14. The Morgan fingerprint density at radius 3 is 2.81 bits per heavy atom. The molecule has 136 valence electrons. The molecule has 3 rings (SSSR count). The third kappa shape index (κ3) is 4.09. The Labute approximate surface area is 154 Å². The Hall–Kier alpha value is -2.72. The first-order valence-electron chi connectivity index (χ1n) is 8.97. The summed E-state index contributed by atoms with van der Waals surface area (Å²) in [6.07, 6.45) is 4.15. The van der Waals surface area contributed by atoms with Gasteiger partial charge in [-0.1, -0.05) is 6.92 Å². The number of nitriles is 1. The summed E-state index contributed by atoms with van der Waals surface area (Å²) in [5, 5.41) is 12.3. The smallest absolute Gasteiger partial charge is 0.133 e. The summed E-state index contributed by atoms with van der Waals surface area (Å²) in [7, 11) is 1.70. The van der Waals surface area contributed by atoms with Crippen LogP contribution in [0.1, 0.15) is 29.6 Å². The Morgan fingerprint density at radius 2 is 2.12 bits per heavy atom. The van der Waals surface area contributed by atoms with E-state index >= 15 is 0 Å². The van der Waals surface area contributed by atoms with Gasteiger partial charge in [0.25, 0.3) is 0 Å². The van der Waals surface area contributed by atoms with Crippen LogP contribution in [-0.2, 0) is 24.0 Å². The molecule has 0 atom stereocenters. The fourth-order valence-corrected chi connectivity index (χ4v) is 3.09. The summed E-state index contributed by atoms with van der Waals surface area (Å²) in [6.45, 7) is 5.14. The van der Waals surface area contributed by atoms with Crippen molar-refractivity contribution < 1.29 is 4.74 Å². The second-order valence-corrected chi connectivity index (χ2v) is 6.19. The van der Waals surface area contributed by atoms with Crippen LogP contribution in [0, 0.1) is 11.3 Å². The average molecular weight is 352 g/mol. The largest absolute Gasteiger partial charge is 0.383 e. The Balaban J connectivity index is 1.81. The van der Waals surface area contributed by atoms with Gasteiger partial charge in [0.1, 0.15) is 23.5 Å². The number of rotatable bonds is 6. The SMILES string of the molecule is CCc1nc2c(c(NCCOC)n1)CCN(c1ccc(C#N)cn1)CC2. The van der Waals surface area contributed by atoms with Crippen LogP contribution in [0.2, 0.25) is 0 Å². The van der Waals surface area contributed by atoms with E-state index in [9.17, 15) is 0 Å². The third-order valence-electron chi connectivity index (χ3n) is 4.51. The van der Waals surface area contributed by atoms with Gasteiger partial charge in [-0.25, -0.2) is 15.0 Å². The second-order valence-electron chi connectivity index (χ2n) is 6.19. The Kier molecular flexibility index (Phi) is 5.97. The lowest BCUT2D eigenvalue weighted by atomic mass is 10.1. The van der Waals surface area contributed by atoms with E-state index in [-0.39, 0.29) is 0 Å². The number of hydrogen-bond donors (Lipinski definition) is 1. The molecule has 1 N–H and O–H groups in total. The summed E-state index contributed by atoms with van der Waals surface area (Å²) in [4.78, 5) is 16.1. The summed E-state index contributed by atoms with van der Waals surface area (Å²) >= 11 is 0. The lowest BCUT2D eigenvalue weighted by Gasteiger charge is -2.21. The lowest BCUT2D eigenvalue weighted by molar-refractivity contribution is 0.210. The summed E-state index contributed by atoms with van der Waals surface area (Å²) in [5.41, 5.74) is 2.89. The molecule has 0 saturated heterocycles. The van der Waals surface area contributed by atoms with Crippen molar-refractivity contribution in [3.05, 3.63) is 41.0 Å². The number of methoxy groups -OCH3 is 1. The molecule has 0 unspecified atom stereocenters. The van der Waals surface area contributed by atoms with Crippen LogP contribution in [0.3, 0.4) is 0 Å². The normalized spacial score (nSPS) is 13.7. The zero-order valence-electron chi connectivity index (χ0n) is 15.3. The number of aromatic nitrogens is 3. The molecule has 26 heavy (non-hydrogen) atoms. The molecule has 0 spiro atoms. The van der Waals surface area contributed by atoms with Gasteiger partial charge in [0.05, 0.1) is 17.9 Å². The minimum atomic E-state index is 0.579. The van der Waals surface area contributed by atoms with Gasteiger partial charge >= 0.3 is 0 Å². The molecule has 0 amide bonds. The molecule has 0 fully saturated rings. The summed E-state index contributed by atoms with van der Waals surface area (Å²) in [5.74, 6) is 2.70. The predicted octanol–water partition coefficient (Wildman–Crippen LogP) is 1.97. The Morgan fingerprint density at radius 1 is 1.27 bits per heavy atom. The van der Waals surface area contributed by atoms with E-state index in [2.05, 4.69) is 28.2 Å². The van der Waals surface area contributed by atoms with Crippen LogP contribution in [0.5, 0.6) is 0 Å². The molecule has 0 bridgehead atoms. The number of fused-ring (bicyclic) bond motifs is 1. The minimum absolute atomic E-state index is 0.579. The first kappa shape index (κ1) is 18.1. The first-order chi connectivity index (χ1) is 12.7. The standard InChI is InChI=1S/C19H24N6O/c1-3-17-23-16-7-10-25(18-5-4-14(12-20)13-22-18)9-6-15(16)19(24-17)21-8-11-26-2/h4-5,13H,3,6-11H2,1-2H3,(H,21,23,24). The molecule has 0 radical (unpaired) electrons. The summed E-state index contributed by atoms with van der Waals surface area (Å²) in [6, 6.07) is 5.84. The van der Waals surface area contributed by atoms with E-state index in [0.717, 1.165) is 62.1 Å². The maximum Gasteiger partial charge on any atom is 0.133 e. The fraction of sp³-hybridized carbons (Fsp3) is 0.474. The molecule has 0 aliphatic carbocycles. The van der Waals surface area contributed by atoms with Gasteiger partial charge < -0.3 is 15.0 Å². The average Bonchev–Trinajstić information content (AvgIpc) is 2.91. The highest BCUT2D eigenvalue weighted by atomic mass is 16.5. The van der Waals surface area contributed by atoms with Crippen LogP contribution in [-0.4, -0.2) is 48.3 Å². The van der Waals surface area contributed by atoms with E-state index in [1.165, 1.54) is 5.56 Å². The minimum Gasteiger partial charge on any atom is -0.383 e. The second kappa shape index (κ2) is 8.59. The first-order valence-corrected chi connectivity index (χ1v) is 8.97. The molecule has 1 aliphatic rings. The van der Waals surface area contributed by atoms with E-state index in [0.29, 0.717) is 12.2 Å². The number of nitrogens with zero attached hydrogens (tertiary/aromatic N) is 5. The molecular formula is C19H24N6O. The van der Waals surface area contributed by atoms with Crippen molar-refractivity contribution >= 4 is 11.6 Å². The highest BCUT2D eigenvalue weighted by molar-refractivity contribution is 5.50. The van der Waals surface area contributed by atoms with Crippen molar-refractivity contribution in [2.45, 2.75) is 26.2 Å². The number of ether oxygens (including phenoxy) is 1. The van der Waals surface area contributed by atoms with Gasteiger partial charge in [0.2, 0.25) is 0 Å². The monoisotopic (exact) mass is 352 g/mol. The van der Waals surface area contributed by atoms with Crippen LogP contribution >= 0.6 is 0 Å². The van der Waals surface area contributed by atoms with Crippen molar-refractivity contribution in [3.8, 4) is 6.07 Å². The zero-order chi connectivity index (χ0) is 18.4. The fourth-order valence-electron chi connectivity index (χ4n) is 3.09. The van der Waals surface area contributed by atoms with Crippen molar-refractivity contribution in [1.82, 2.24) is 15.0 Å². The molecule has 0 saturated carbocycles. The number of pyridine rings is 1. The molecular weight excluding hydrogens is 328 g/mol. The third-order valence-corrected chi connectivity index (χ3v) is 4.51. The van der Waals surface area contributed by atoms with Gasteiger partial charge in [-0.3, -0.25) is 0 Å². The zero-order valence-corrected chi connectivity index (χ0v) is 15.3. The highest BCUT2D eigenvalue weighted by Gasteiger charge is 2.20. The van der Waals surface area contributed by atoms with E-state index in [1.54, 1.807) is 13.3 Å². The van der Waals surface area contributed by atoms with Gasteiger partial charge in [0, 0.05) is 51.3 Å². The molecule has 1 aliphatic heterocycles. The van der Waals surface area contributed by atoms with E-state index in [1.807, 2.05) is 12.1 Å². The topological polar surface area (TPSA) is 87.0 Å². The molecule has 2 aromatic heterocycles. The maximum absolute atomic E-state index is 8.94. The van der Waals surface area contributed by atoms with Crippen LogP contribution in [0.15, 0.2) is 18.3 Å². The predicted molar refractivity (Wildman–Crippen MR) is 100 cm³/mol.